The largest absolute Gasteiger partial charge is 0.481 e. The lowest BCUT2D eigenvalue weighted by molar-refractivity contribution is -0.150. The van der Waals surface area contributed by atoms with Crippen molar-refractivity contribution in [2.45, 2.75) is 37.0 Å². The average molecular weight is 383 g/mol. The molecule has 1 fully saturated rings. The zero-order valence-electron chi connectivity index (χ0n) is 14.9. The van der Waals surface area contributed by atoms with E-state index in [4.69, 9.17) is 4.74 Å². The second-order valence-corrected chi connectivity index (χ2v) is 8.77. The minimum atomic E-state index is -3.45. The van der Waals surface area contributed by atoms with Gasteiger partial charge in [-0.15, -0.1) is 0 Å². The topological polar surface area (TPSA) is 110 Å². The summed E-state index contributed by atoms with van der Waals surface area (Å²) < 4.78 is 28.9. The molecule has 0 spiro atoms. The highest BCUT2D eigenvalue weighted by Crippen LogP contribution is 2.36. The molecule has 0 heterocycles. The third kappa shape index (κ3) is 4.82. The van der Waals surface area contributed by atoms with Crippen LogP contribution in [0.25, 0.3) is 0 Å². The van der Waals surface area contributed by atoms with Crippen LogP contribution in [-0.4, -0.2) is 51.4 Å². The monoisotopic (exact) mass is 383 g/mol. The minimum absolute atomic E-state index is 0.0784. The number of nitrogens with one attached hydrogen (secondary N) is 1. The Morgan fingerprint density at radius 1 is 1.15 bits per heavy atom. The molecule has 1 aliphatic carbocycles. The number of hydrogen-bond acceptors (Lipinski definition) is 5. The van der Waals surface area contributed by atoms with Crippen LogP contribution in [0.3, 0.4) is 0 Å². The summed E-state index contributed by atoms with van der Waals surface area (Å²) in [5.41, 5.74) is -0.607. The van der Waals surface area contributed by atoms with Crippen molar-refractivity contribution >= 4 is 21.7 Å². The molecule has 0 saturated heterocycles. The Morgan fingerprint density at radius 2 is 1.77 bits per heavy atom. The van der Waals surface area contributed by atoms with Crippen LogP contribution < -0.4 is 5.32 Å². The van der Waals surface area contributed by atoms with Crippen LogP contribution in [0.4, 0.5) is 0 Å². The van der Waals surface area contributed by atoms with E-state index >= 15 is 0 Å². The SMILES string of the molecule is COCCS(=O)(=O)c1ccc(C(=O)NCC2(C(=O)O)CCCCC2)cc1. The van der Waals surface area contributed by atoms with E-state index in [1.54, 1.807) is 0 Å². The molecule has 0 bridgehead atoms. The van der Waals surface area contributed by atoms with Gasteiger partial charge in [0.05, 0.1) is 22.7 Å². The summed E-state index contributed by atoms with van der Waals surface area (Å²) in [7, 11) is -2.02. The third-order valence-electron chi connectivity index (χ3n) is 4.88. The molecule has 7 nitrogen and oxygen atoms in total. The number of amides is 1. The van der Waals surface area contributed by atoms with Gasteiger partial charge in [0.1, 0.15) is 0 Å². The van der Waals surface area contributed by atoms with E-state index in [1.165, 1.54) is 31.4 Å². The fourth-order valence-corrected chi connectivity index (χ4v) is 4.34. The number of carboxylic acid groups (broad SMARTS) is 1. The van der Waals surface area contributed by atoms with Crippen molar-refractivity contribution in [3.05, 3.63) is 29.8 Å². The van der Waals surface area contributed by atoms with Crippen LogP contribution in [-0.2, 0) is 19.4 Å². The first-order valence-corrected chi connectivity index (χ1v) is 10.3. The van der Waals surface area contributed by atoms with Gasteiger partial charge in [-0.05, 0) is 37.1 Å². The van der Waals surface area contributed by atoms with Gasteiger partial charge in [-0.25, -0.2) is 8.42 Å². The van der Waals surface area contributed by atoms with E-state index in [-0.39, 0.29) is 23.8 Å². The lowest BCUT2D eigenvalue weighted by Crippen LogP contribution is -2.44. The molecule has 0 atom stereocenters. The maximum absolute atomic E-state index is 12.3. The van der Waals surface area contributed by atoms with Crippen LogP contribution >= 0.6 is 0 Å². The maximum atomic E-state index is 12.3. The van der Waals surface area contributed by atoms with Crippen LogP contribution in [0.15, 0.2) is 29.2 Å². The number of sulfone groups is 1. The van der Waals surface area contributed by atoms with Crippen molar-refractivity contribution in [2.24, 2.45) is 5.41 Å². The molecule has 144 valence electrons. The number of rotatable bonds is 8. The number of carbonyl (C=O) groups is 2. The van der Waals surface area contributed by atoms with E-state index in [9.17, 15) is 23.1 Å². The summed E-state index contributed by atoms with van der Waals surface area (Å²) in [6.45, 7) is 0.177. The fourth-order valence-electron chi connectivity index (χ4n) is 3.17. The molecular formula is C18H25NO6S. The van der Waals surface area contributed by atoms with Gasteiger partial charge in [-0.1, -0.05) is 19.3 Å². The van der Waals surface area contributed by atoms with Crippen LogP contribution in [0.2, 0.25) is 0 Å². The second kappa shape index (κ2) is 8.64. The van der Waals surface area contributed by atoms with Crippen LogP contribution in [0, 0.1) is 5.41 Å². The fraction of sp³-hybridized carbons (Fsp3) is 0.556. The Bertz CT molecular complexity index is 735. The summed E-state index contributed by atoms with van der Waals surface area (Å²) >= 11 is 0. The number of ether oxygens (including phenoxy) is 1. The molecule has 2 rings (SSSR count). The summed E-state index contributed by atoms with van der Waals surface area (Å²) in [5.74, 6) is -1.41. The summed E-state index contributed by atoms with van der Waals surface area (Å²) in [6.07, 6.45) is 3.81. The molecule has 1 aromatic carbocycles. The van der Waals surface area contributed by atoms with Crippen molar-refractivity contribution in [3.8, 4) is 0 Å². The Hall–Kier alpha value is -1.93. The highest BCUT2D eigenvalue weighted by molar-refractivity contribution is 7.91. The second-order valence-electron chi connectivity index (χ2n) is 6.66. The predicted octanol–water partition coefficient (Wildman–Crippen LogP) is 1.87. The van der Waals surface area contributed by atoms with Gasteiger partial charge in [0.25, 0.3) is 5.91 Å². The number of hydrogen-bond donors (Lipinski definition) is 2. The van der Waals surface area contributed by atoms with Crippen molar-refractivity contribution in [1.82, 2.24) is 5.32 Å². The molecule has 0 aliphatic heterocycles. The number of carboxylic acids is 1. The Labute approximate surface area is 153 Å². The molecule has 0 aromatic heterocycles. The van der Waals surface area contributed by atoms with Gasteiger partial charge in [0, 0.05) is 19.2 Å². The van der Waals surface area contributed by atoms with E-state index in [2.05, 4.69) is 5.32 Å². The van der Waals surface area contributed by atoms with Gasteiger partial charge in [-0.3, -0.25) is 9.59 Å². The normalized spacial score (nSPS) is 16.8. The summed E-state index contributed by atoms with van der Waals surface area (Å²) in [5, 5.41) is 12.2. The first kappa shape index (κ1) is 20.4. The molecule has 26 heavy (non-hydrogen) atoms. The molecule has 1 amide bonds. The van der Waals surface area contributed by atoms with Gasteiger partial charge < -0.3 is 15.2 Å². The average Bonchev–Trinajstić information content (AvgIpc) is 2.65. The van der Waals surface area contributed by atoms with Crippen LogP contribution in [0.1, 0.15) is 42.5 Å². The first-order valence-electron chi connectivity index (χ1n) is 8.64. The minimum Gasteiger partial charge on any atom is -0.481 e. The lowest BCUT2D eigenvalue weighted by Gasteiger charge is -2.33. The van der Waals surface area contributed by atoms with Crippen molar-refractivity contribution in [3.63, 3.8) is 0 Å². The number of aliphatic carboxylic acids is 1. The van der Waals surface area contributed by atoms with E-state index in [0.717, 1.165) is 19.3 Å². The molecule has 0 radical (unpaired) electrons. The Kier molecular flexibility index (Phi) is 6.77. The van der Waals surface area contributed by atoms with Crippen molar-refractivity contribution in [1.29, 1.82) is 0 Å². The van der Waals surface area contributed by atoms with E-state index in [1.807, 2.05) is 0 Å². The molecule has 0 unspecified atom stereocenters. The van der Waals surface area contributed by atoms with Gasteiger partial charge in [0.2, 0.25) is 0 Å². The van der Waals surface area contributed by atoms with Gasteiger partial charge >= 0.3 is 5.97 Å². The zero-order valence-corrected chi connectivity index (χ0v) is 15.7. The lowest BCUT2D eigenvalue weighted by atomic mass is 9.74. The van der Waals surface area contributed by atoms with E-state index in [0.29, 0.717) is 18.4 Å². The standard InChI is InChI=1S/C18H25NO6S/c1-25-11-12-26(23,24)15-7-5-14(6-8-15)16(20)19-13-18(17(21)22)9-3-2-4-10-18/h5-8H,2-4,9-13H2,1H3,(H,19,20)(H,21,22). The molecular weight excluding hydrogens is 358 g/mol. The molecule has 8 heteroatoms. The third-order valence-corrected chi connectivity index (χ3v) is 6.58. The smallest absolute Gasteiger partial charge is 0.311 e. The highest BCUT2D eigenvalue weighted by atomic mass is 32.2. The summed E-state index contributed by atoms with van der Waals surface area (Å²) in [4.78, 5) is 24.1. The van der Waals surface area contributed by atoms with Gasteiger partial charge in [-0.2, -0.15) is 0 Å². The van der Waals surface area contributed by atoms with Crippen LogP contribution in [0.5, 0.6) is 0 Å². The Morgan fingerprint density at radius 3 is 2.31 bits per heavy atom. The van der Waals surface area contributed by atoms with Crippen molar-refractivity contribution < 1.29 is 27.9 Å². The van der Waals surface area contributed by atoms with E-state index < -0.39 is 27.1 Å². The molecule has 1 saturated carbocycles. The van der Waals surface area contributed by atoms with Gasteiger partial charge in [0.15, 0.2) is 9.84 Å². The summed E-state index contributed by atoms with van der Waals surface area (Å²) in [6, 6.07) is 5.63. The van der Waals surface area contributed by atoms with Crippen molar-refractivity contribution in [2.75, 3.05) is 26.0 Å². The quantitative estimate of drug-likeness (QED) is 0.709. The maximum Gasteiger partial charge on any atom is 0.311 e. The molecule has 2 N–H and O–H groups in total. The molecule has 1 aliphatic rings. The first-order chi connectivity index (χ1) is 12.3. The predicted molar refractivity (Wildman–Crippen MR) is 95.9 cm³/mol. The zero-order chi connectivity index (χ0) is 19.2. The molecule has 1 aromatic rings. The number of carbonyl (C=O) groups excluding carboxylic acids is 1. The number of methoxy groups -OCH3 is 1. The number of benzene rings is 1. The highest BCUT2D eigenvalue weighted by Gasteiger charge is 2.39. The Balaban J connectivity index is 2.02.